The molecular weight excluding hydrogens is 769 g/mol. The Balaban J connectivity index is 1.25. The van der Waals surface area contributed by atoms with Crippen molar-refractivity contribution in [3.8, 4) is 0 Å². The van der Waals surface area contributed by atoms with Gasteiger partial charge in [0, 0.05) is 67.5 Å². The fourth-order valence-electron chi connectivity index (χ4n) is 6.08. The minimum Gasteiger partial charge on any atom is -0.322 e. The Bertz CT molecular complexity index is 2530. The van der Waals surface area contributed by atoms with Gasteiger partial charge in [-0.15, -0.1) is 0 Å². The van der Waals surface area contributed by atoms with Crippen molar-refractivity contribution in [1.29, 1.82) is 0 Å². The molecule has 0 saturated carbocycles. The van der Waals surface area contributed by atoms with Crippen molar-refractivity contribution in [1.82, 2.24) is 0 Å². The monoisotopic (exact) mass is 810 g/mol. The van der Waals surface area contributed by atoms with Gasteiger partial charge in [0.1, 0.15) is 0 Å². The van der Waals surface area contributed by atoms with Crippen LogP contribution in [0.3, 0.4) is 0 Å². The Morgan fingerprint density at radius 3 is 1.02 bits per heavy atom. The average Bonchev–Trinajstić information content (AvgIpc) is 3.27. The summed E-state index contributed by atoms with van der Waals surface area (Å²) < 4.78 is 0. The molecule has 12 nitrogen and oxygen atoms in total. The number of benzene rings is 6. The number of anilines is 6. The smallest absolute Gasteiger partial charge is 0.255 e. The van der Waals surface area contributed by atoms with Crippen molar-refractivity contribution in [3.63, 3.8) is 0 Å². The SMILES string of the molecule is CC=CC(=CCC)C(=O)Nc1cccc(NC(=O)c2cc(C(=O)Nc3cccc(NC(=O)c4ccccc4)c3)cc(C(=O)Nc3cccc(NC(=O)c4ccccc4)c3)c2)c1. The highest BCUT2D eigenvalue weighted by Crippen LogP contribution is 2.23. The summed E-state index contributed by atoms with van der Waals surface area (Å²) in [7, 11) is 0. The van der Waals surface area contributed by atoms with E-state index in [1.54, 1.807) is 152 Å². The van der Waals surface area contributed by atoms with Crippen LogP contribution in [0.2, 0.25) is 0 Å². The summed E-state index contributed by atoms with van der Waals surface area (Å²) in [5, 5.41) is 16.8. The van der Waals surface area contributed by atoms with Gasteiger partial charge in [0.2, 0.25) is 0 Å². The molecule has 0 atom stereocenters. The Labute approximate surface area is 352 Å². The average molecular weight is 811 g/mol. The van der Waals surface area contributed by atoms with E-state index in [4.69, 9.17) is 0 Å². The fraction of sp³-hybridized carbons (Fsp3) is 0.0612. The molecule has 6 aromatic rings. The van der Waals surface area contributed by atoms with Gasteiger partial charge in [-0.3, -0.25) is 28.8 Å². The Morgan fingerprint density at radius 1 is 0.393 bits per heavy atom. The van der Waals surface area contributed by atoms with Crippen molar-refractivity contribution in [2.75, 3.05) is 31.9 Å². The van der Waals surface area contributed by atoms with Crippen molar-refractivity contribution >= 4 is 69.6 Å². The van der Waals surface area contributed by atoms with E-state index in [0.717, 1.165) is 0 Å². The van der Waals surface area contributed by atoms with Crippen LogP contribution in [-0.2, 0) is 4.79 Å². The van der Waals surface area contributed by atoms with Gasteiger partial charge in [-0.2, -0.15) is 0 Å². The number of carbonyl (C=O) groups excluding carboxylic acids is 6. The van der Waals surface area contributed by atoms with Gasteiger partial charge in [-0.05, 0) is 110 Å². The maximum atomic E-state index is 13.9. The zero-order chi connectivity index (χ0) is 43.1. The predicted octanol–water partition coefficient (Wildman–Crippen LogP) is 9.80. The minimum atomic E-state index is -0.636. The molecule has 6 N–H and O–H groups in total. The van der Waals surface area contributed by atoms with Crippen LogP contribution >= 0.6 is 0 Å². The minimum absolute atomic E-state index is 0.0127. The maximum absolute atomic E-state index is 13.9. The van der Waals surface area contributed by atoms with Crippen LogP contribution in [0.5, 0.6) is 0 Å². The van der Waals surface area contributed by atoms with Gasteiger partial charge in [0.05, 0.1) is 0 Å². The lowest BCUT2D eigenvalue weighted by atomic mass is 10.0. The van der Waals surface area contributed by atoms with Crippen LogP contribution in [0.4, 0.5) is 34.1 Å². The molecule has 12 heteroatoms. The van der Waals surface area contributed by atoms with Crippen LogP contribution < -0.4 is 31.9 Å². The molecule has 0 spiro atoms. The molecule has 0 aliphatic rings. The van der Waals surface area contributed by atoms with E-state index >= 15 is 0 Å². The van der Waals surface area contributed by atoms with Gasteiger partial charge >= 0.3 is 0 Å². The van der Waals surface area contributed by atoms with E-state index in [2.05, 4.69) is 31.9 Å². The molecule has 304 valence electrons. The number of nitrogens with one attached hydrogen (secondary N) is 6. The molecule has 0 fully saturated rings. The van der Waals surface area contributed by atoms with Crippen LogP contribution in [0.15, 0.2) is 175 Å². The normalized spacial score (nSPS) is 11.0. The third-order valence-corrected chi connectivity index (χ3v) is 8.96. The zero-order valence-corrected chi connectivity index (χ0v) is 33.3. The van der Waals surface area contributed by atoms with E-state index in [1.807, 2.05) is 13.8 Å². The first-order valence-corrected chi connectivity index (χ1v) is 19.3. The van der Waals surface area contributed by atoms with Gasteiger partial charge in [-0.1, -0.05) is 79.7 Å². The van der Waals surface area contributed by atoms with E-state index in [0.29, 0.717) is 57.2 Å². The molecule has 6 rings (SSSR count). The third-order valence-electron chi connectivity index (χ3n) is 8.96. The lowest BCUT2D eigenvalue weighted by molar-refractivity contribution is -0.112. The first-order chi connectivity index (χ1) is 29.6. The summed E-state index contributed by atoms with van der Waals surface area (Å²) >= 11 is 0. The maximum Gasteiger partial charge on any atom is 0.255 e. The first kappa shape index (κ1) is 42.2. The quantitative estimate of drug-likeness (QED) is 0.0472. The van der Waals surface area contributed by atoms with Gasteiger partial charge in [-0.25, -0.2) is 0 Å². The molecule has 61 heavy (non-hydrogen) atoms. The molecule has 6 amide bonds. The van der Waals surface area contributed by atoms with Crippen molar-refractivity contribution in [3.05, 3.63) is 203 Å². The second-order valence-electron chi connectivity index (χ2n) is 13.6. The number of amides is 6. The largest absolute Gasteiger partial charge is 0.322 e. The molecule has 0 aliphatic heterocycles. The van der Waals surface area contributed by atoms with Crippen molar-refractivity contribution in [2.24, 2.45) is 0 Å². The van der Waals surface area contributed by atoms with Crippen LogP contribution in [-0.4, -0.2) is 35.4 Å². The molecule has 0 radical (unpaired) electrons. The summed E-state index contributed by atoms with van der Waals surface area (Å²) in [6.07, 6.45) is 5.95. The lowest BCUT2D eigenvalue weighted by Crippen LogP contribution is -2.20. The van der Waals surface area contributed by atoms with Crippen LogP contribution in [0.1, 0.15) is 72.1 Å². The standard InChI is InChI=1S/C49H42N6O6/c1-3-14-32(15-4-2)44(56)50-38-20-11-23-41(29-38)53-47(59)35-26-36(48(60)54-42-24-12-21-39(30-42)51-45(57)33-16-7-5-8-17-33)28-37(27-35)49(61)55-43-25-13-22-40(31-43)52-46(58)34-18-9-6-10-19-34/h3,5-31H,4H2,1-2H3,(H,50,56)(H,51,57)(H,52,58)(H,53,59)(H,54,60)(H,55,61). The fourth-order valence-corrected chi connectivity index (χ4v) is 6.08. The second kappa shape index (κ2) is 20.4. The summed E-state index contributed by atoms with van der Waals surface area (Å²) in [6, 6.07) is 41.1. The summed E-state index contributed by atoms with van der Waals surface area (Å²) in [5.41, 5.74) is 3.70. The Kier molecular flexibility index (Phi) is 14.1. The van der Waals surface area contributed by atoms with E-state index in [9.17, 15) is 28.8 Å². The van der Waals surface area contributed by atoms with Crippen molar-refractivity contribution in [2.45, 2.75) is 20.3 Å². The molecule has 0 aliphatic carbocycles. The van der Waals surface area contributed by atoms with Gasteiger partial charge < -0.3 is 31.9 Å². The summed E-state index contributed by atoms with van der Waals surface area (Å²) in [4.78, 5) is 80.0. The number of carbonyl (C=O) groups is 6. The zero-order valence-electron chi connectivity index (χ0n) is 33.3. The van der Waals surface area contributed by atoms with Crippen LogP contribution in [0, 0.1) is 0 Å². The molecule has 0 heterocycles. The molecule has 0 unspecified atom stereocenters. The highest BCUT2D eigenvalue weighted by atomic mass is 16.2. The summed E-state index contributed by atoms with van der Waals surface area (Å²) in [5.74, 6) is -2.88. The number of rotatable bonds is 14. The van der Waals surface area contributed by atoms with E-state index in [-0.39, 0.29) is 34.4 Å². The third kappa shape index (κ3) is 11.8. The van der Waals surface area contributed by atoms with E-state index in [1.165, 1.54) is 18.2 Å². The Hall–Kier alpha value is -8.38. The Morgan fingerprint density at radius 2 is 0.705 bits per heavy atom. The summed E-state index contributed by atoms with van der Waals surface area (Å²) in [6.45, 7) is 3.75. The first-order valence-electron chi connectivity index (χ1n) is 19.3. The van der Waals surface area contributed by atoms with Gasteiger partial charge in [0.25, 0.3) is 35.4 Å². The second-order valence-corrected chi connectivity index (χ2v) is 13.6. The predicted molar refractivity (Wildman–Crippen MR) is 240 cm³/mol. The topological polar surface area (TPSA) is 175 Å². The number of allylic oxidation sites excluding steroid dienone is 2. The van der Waals surface area contributed by atoms with E-state index < -0.39 is 17.7 Å². The lowest BCUT2D eigenvalue weighted by Gasteiger charge is -2.13. The molecule has 0 saturated heterocycles. The molecule has 0 bridgehead atoms. The highest BCUT2D eigenvalue weighted by Gasteiger charge is 2.19. The number of hydrogen-bond acceptors (Lipinski definition) is 6. The van der Waals surface area contributed by atoms with Crippen molar-refractivity contribution < 1.29 is 28.8 Å². The molecule has 0 aromatic heterocycles. The number of hydrogen-bond donors (Lipinski definition) is 6. The molecule has 6 aromatic carbocycles. The highest BCUT2D eigenvalue weighted by molar-refractivity contribution is 6.14. The van der Waals surface area contributed by atoms with Gasteiger partial charge in [0.15, 0.2) is 0 Å². The molecular formula is C49H42N6O6. The van der Waals surface area contributed by atoms with Crippen LogP contribution in [0.25, 0.3) is 0 Å².